The lowest BCUT2D eigenvalue weighted by atomic mass is 10.2. The van der Waals surface area contributed by atoms with Crippen molar-refractivity contribution in [1.29, 1.82) is 0 Å². The molecule has 0 aliphatic carbocycles. The average molecular weight is 246 g/mol. The standard InChI is InChI=1S/C9H4ClN7/c10-6-3-1-2-5-7(12-14-11)4-8-13-15-16-17(8)9(5)6/h1-4H. The van der Waals surface area contributed by atoms with Gasteiger partial charge in [-0.1, -0.05) is 28.8 Å². The molecule has 3 rings (SSSR count). The van der Waals surface area contributed by atoms with E-state index < -0.39 is 0 Å². The summed E-state index contributed by atoms with van der Waals surface area (Å²) in [6.07, 6.45) is 0. The first-order valence-corrected chi connectivity index (χ1v) is 5.03. The van der Waals surface area contributed by atoms with E-state index in [1.54, 1.807) is 24.3 Å². The number of nitrogens with zero attached hydrogens (tertiary/aromatic N) is 7. The third kappa shape index (κ3) is 1.37. The van der Waals surface area contributed by atoms with E-state index in [1.807, 2.05) is 0 Å². The number of aromatic nitrogens is 4. The molecule has 7 nitrogen and oxygen atoms in total. The van der Waals surface area contributed by atoms with Crippen molar-refractivity contribution < 1.29 is 0 Å². The van der Waals surface area contributed by atoms with E-state index in [9.17, 15) is 0 Å². The Hall–Kier alpha value is -2.37. The number of halogens is 1. The average Bonchev–Trinajstić information content (AvgIpc) is 2.77. The molecule has 0 bridgehead atoms. The van der Waals surface area contributed by atoms with Crippen LogP contribution in [0.5, 0.6) is 0 Å². The van der Waals surface area contributed by atoms with Crippen LogP contribution in [-0.2, 0) is 0 Å². The molecule has 0 N–H and O–H groups in total. The van der Waals surface area contributed by atoms with Gasteiger partial charge in [-0.05, 0) is 28.1 Å². The molecule has 8 heteroatoms. The zero-order valence-electron chi connectivity index (χ0n) is 8.32. The predicted molar refractivity (Wildman–Crippen MR) is 62.1 cm³/mol. The predicted octanol–water partition coefficient (Wildman–Crippen LogP) is 2.87. The summed E-state index contributed by atoms with van der Waals surface area (Å²) in [5.41, 5.74) is 10.1. The number of rotatable bonds is 1. The van der Waals surface area contributed by atoms with E-state index in [0.29, 0.717) is 27.3 Å². The van der Waals surface area contributed by atoms with E-state index in [4.69, 9.17) is 17.1 Å². The zero-order valence-corrected chi connectivity index (χ0v) is 9.07. The fourth-order valence-corrected chi connectivity index (χ4v) is 1.97. The van der Waals surface area contributed by atoms with E-state index in [1.165, 1.54) is 4.52 Å². The fraction of sp³-hybridized carbons (Fsp3) is 0. The Kier molecular flexibility index (Phi) is 2.07. The van der Waals surface area contributed by atoms with Crippen molar-refractivity contribution >= 4 is 33.8 Å². The minimum Gasteiger partial charge on any atom is -0.191 e. The summed E-state index contributed by atoms with van der Waals surface area (Å²) in [7, 11) is 0. The van der Waals surface area contributed by atoms with Crippen LogP contribution in [0.4, 0.5) is 5.69 Å². The molecule has 0 atom stereocenters. The molecule has 0 amide bonds. The van der Waals surface area contributed by atoms with Crippen LogP contribution >= 0.6 is 11.6 Å². The van der Waals surface area contributed by atoms with Gasteiger partial charge in [0.05, 0.1) is 16.2 Å². The highest BCUT2D eigenvalue weighted by molar-refractivity contribution is 6.35. The van der Waals surface area contributed by atoms with Gasteiger partial charge >= 0.3 is 0 Å². The van der Waals surface area contributed by atoms with Gasteiger partial charge in [0.15, 0.2) is 5.65 Å². The Balaban J connectivity index is 2.63. The number of azide groups is 1. The Morgan fingerprint density at radius 2 is 2.29 bits per heavy atom. The molecule has 2 aromatic heterocycles. The van der Waals surface area contributed by atoms with Crippen LogP contribution in [0.3, 0.4) is 0 Å². The van der Waals surface area contributed by atoms with Crippen LogP contribution in [-0.4, -0.2) is 20.0 Å². The molecule has 0 unspecified atom stereocenters. The number of hydrogen-bond donors (Lipinski definition) is 0. The summed E-state index contributed by atoms with van der Waals surface area (Å²) in [5, 5.41) is 16.0. The van der Waals surface area contributed by atoms with Crippen molar-refractivity contribution in [2.75, 3.05) is 0 Å². The van der Waals surface area contributed by atoms with Gasteiger partial charge in [-0.3, -0.25) is 0 Å². The highest BCUT2D eigenvalue weighted by atomic mass is 35.5. The van der Waals surface area contributed by atoms with Gasteiger partial charge in [0.2, 0.25) is 0 Å². The number of pyridine rings is 1. The van der Waals surface area contributed by atoms with Crippen LogP contribution in [0.15, 0.2) is 29.4 Å². The maximum Gasteiger partial charge on any atom is 0.180 e. The van der Waals surface area contributed by atoms with Crippen molar-refractivity contribution in [1.82, 2.24) is 20.0 Å². The lowest BCUT2D eigenvalue weighted by Crippen LogP contribution is -1.91. The van der Waals surface area contributed by atoms with Gasteiger partial charge in [0, 0.05) is 10.3 Å². The Bertz CT molecular complexity index is 771. The molecule has 0 aliphatic heterocycles. The first kappa shape index (κ1) is 9.83. The SMILES string of the molecule is [N-]=[N+]=Nc1cc2nnnn2c2c(Cl)cccc12. The second-order valence-electron chi connectivity index (χ2n) is 3.30. The lowest BCUT2D eigenvalue weighted by Gasteiger charge is -2.04. The van der Waals surface area contributed by atoms with Gasteiger partial charge in [-0.2, -0.15) is 4.52 Å². The molecule has 0 radical (unpaired) electrons. The third-order valence-electron chi connectivity index (χ3n) is 2.39. The number of hydrogen-bond acceptors (Lipinski definition) is 4. The smallest absolute Gasteiger partial charge is 0.180 e. The second-order valence-corrected chi connectivity index (χ2v) is 3.71. The quantitative estimate of drug-likeness (QED) is 0.375. The maximum atomic E-state index is 8.54. The zero-order chi connectivity index (χ0) is 11.8. The largest absolute Gasteiger partial charge is 0.191 e. The summed E-state index contributed by atoms with van der Waals surface area (Å²) in [6.45, 7) is 0. The van der Waals surface area contributed by atoms with E-state index in [0.717, 1.165) is 0 Å². The molecule has 0 saturated heterocycles. The molecule has 82 valence electrons. The van der Waals surface area contributed by atoms with E-state index in [-0.39, 0.29) is 0 Å². The van der Waals surface area contributed by atoms with E-state index >= 15 is 0 Å². The van der Waals surface area contributed by atoms with Crippen LogP contribution < -0.4 is 0 Å². The first-order valence-electron chi connectivity index (χ1n) is 4.65. The maximum absolute atomic E-state index is 8.54. The molecule has 2 heterocycles. The van der Waals surface area contributed by atoms with Crippen LogP contribution in [0.2, 0.25) is 5.02 Å². The number of para-hydroxylation sites is 1. The molecule has 0 aliphatic rings. The topological polar surface area (TPSA) is 91.8 Å². The van der Waals surface area contributed by atoms with Gasteiger partial charge in [0.1, 0.15) is 0 Å². The number of benzene rings is 1. The van der Waals surface area contributed by atoms with Crippen LogP contribution in [0.1, 0.15) is 0 Å². The molecular weight excluding hydrogens is 242 g/mol. The summed E-state index contributed by atoms with van der Waals surface area (Å²) >= 11 is 6.11. The minimum atomic E-state index is 0.451. The van der Waals surface area contributed by atoms with Crippen molar-refractivity contribution in [3.63, 3.8) is 0 Å². The monoisotopic (exact) mass is 245 g/mol. The third-order valence-corrected chi connectivity index (χ3v) is 2.69. The van der Waals surface area contributed by atoms with Crippen molar-refractivity contribution in [2.45, 2.75) is 0 Å². The molecule has 0 saturated carbocycles. The molecule has 0 spiro atoms. The lowest BCUT2D eigenvalue weighted by molar-refractivity contribution is 0.842. The molecule has 3 aromatic rings. The number of tetrazole rings is 1. The first-order chi connectivity index (χ1) is 8.31. The Morgan fingerprint density at radius 1 is 1.41 bits per heavy atom. The van der Waals surface area contributed by atoms with Gasteiger partial charge in [-0.25, -0.2) is 0 Å². The second kappa shape index (κ2) is 3.58. The van der Waals surface area contributed by atoms with Crippen LogP contribution in [0, 0.1) is 0 Å². The summed E-state index contributed by atoms with van der Waals surface area (Å²) in [6, 6.07) is 6.91. The summed E-state index contributed by atoms with van der Waals surface area (Å²) in [4.78, 5) is 2.78. The van der Waals surface area contributed by atoms with Gasteiger partial charge < -0.3 is 0 Å². The number of fused-ring (bicyclic) bond motifs is 3. The van der Waals surface area contributed by atoms with Crippen molar-refractivity contribution in [3.8, 4) is 0 Å². The van der Waals surface area contributed by atoms with E-state index in [2.05, 4.69) is 25.6 Å². The minimum absolute atomic E-state index is 0.451. The van der Waals surface area contributed by atoms with Crippen molar-refractivity contribution in [3.05, 3.63) is 39.7 Å². The summed E-state index contributed by atoms with van der Waals surface area (Å²) < 4.78 is 1.51. The molecule has 0 fully saturated rings. The molecular formula is C9H4ClN7. The van der Waals surface area contributed by atoms with Gasteiger partial charge in [0.25, 0.3) is 0 Å². The normalized spacial score (nSPS) is 10.6. The van der Waals surface area contributed by atoms with Crippen molar-refractivity contribution in [2.24, 2.45) is 5.11 Å². The fourth-order valence-electron chi connectivity index (χ4n) is 1.71. The Morgan fingerprint density at radius 3 is 3.12 bits per heavy atom. The summed E-state index contributed by atoms with van der Waals surface area (Å²) in [5.74, 6) is 0. The highest BCUT2D eigenvalue weighted by Gasteiger charge is 2.10. The Labute approximate surface area is 99.2 Å². The highest BCUT2D eigenvalue weighted by Crippen LogP contribution is 2.31. The molecule has 1 aromatic carbocycles. The van der Waals surface area contributed by atoms with Crippen LogP contribution in [0.25, 0.3) is 27.0 Å². The van der Waals surface area contributed by atoms with Gasteiger partial charge in [-0.15, -0.1) is 5.10 Å². The molecule has 17 heavy (non-hydrogen) atoms.